The standard InChI is InChI=1S/C14H18N2O4/c1-4-14(3,19-5-2)13-15-12(20-16-13)10-8-9(17)6-7-11(10)18/h6-8,17-18H,4-5H2,1-3H3. The molecule has 0 fully saturated rings. The fraction of sp³-hybridized carbons (Fsp3) is 0.429. The Morgan fingerprint density at radius 3 is 2.70 bits per heavy atom. The molecule has 0 bridgehead atoms. The Morgan fingerprint density at radius 2 is 2.05 bits per heavy atom. The van der Waals surface area contributed by atoms with Crippen molar-refractivity contribution in [2.75, 3.05) is 6.61 Å². The predicted molar refractivity (Wildman–Crippen MR) is 72.3 cm³/mol. The average Bonchev–Trinajstić information content (AvgIpc) is 2.92. The smallest absolute Gasteiger partial charge is 0.261 e. The van der Waals surface area contributed by atoms with Crippen LogP contribution in [0.25, 0.3) is 11.5 Å². The van der Waals surface area contributed by atoms with Crippen LogP contribution in [0.5, 0.6) is 11.5 Å². The number of hydrogen-bond acceptors (Lipinski definition) is 6. The topological polar surface area (TPSA) is 88.6 Å². The maximum absolute atomic E-state index is 9.79. The average molecular weight is 278 g/mol. The van der Waals surface area contributed by atoms with E-state index in [0.717, 1.165) is 0 Å². The van der Waals surface area contributed by atoms with Crippen molar-refractivity contribution in [3.63, 3.8) is 0 Å². The van der Waals surface area contributed by atoms with E-state index in [1.807, 2.05) is 20.8 Å². The summed E-state index contributed by atoms with van der Waals surface area (Å²) < 4.78 is 10.8. The van der Waals surface area contributed by atoms with Gasteiger partial charge < -0.3 is 19.5 Å². The lowest BCUT2D eigenvalue weighted by molar-refractivity contribution is -0.0403. The molecule has 1 aromatic heterocycles. The largest absolute Gasteiger partial charge is 0.508 e. The van der Waals surface area contributed by atoms with Gasteiger partial charge in [-0.25, -0.2) is 0 Å². The molecule has 1 atom stereocenters. The van der Waals surface area contributed by atoms with Gasteiger partial charge in [-0.3, -0.25) is 0 Å². The third kappa shape index (κ3) is 2.60. The highest BCUT2D eigenvalue weighted by atomic mass is 16.5. The van der Waals surface area contributed by atoms with Gasteiger partial charge >= 0.3 is 0 Å². The lowest BCUT2D eigenvalue weighted by Gasteiger charge is -2.23. The second-order valence-corrected chi connectivity index (χ2v) is 4.64. The molecule has 6 heteroatoms. The molecule has 1 unspecified atom stereocenters. The second kappa shape index (κ2) is 5.50. The van der Waals surface area contributed by atoms with E-state index in [2.05, 4.69) is 10.1 Å². The number of ether oxygens (including phenoxy) is 1. The minimum absolute atomic E-state index is 0.0145. The Bertz CT molecular complexity index is 597. The third-order valence-electron chi connectivity index (χ3n) is 3.25. The minimum atomic E-state index is -0.636. The first-order valence-electron chi connectivity index (χ1n) is 6.50. The second-order valence-electron chi connectivity index (χ2n) is 4.64. The molecule has 0 aliphatic carbocycles. The molecular weight excluding hydrogens is 260 g/mol. The van der Waals surface area contributed by atoms with Crippen molar-refractivity contribution in [2.45, 2.75) is 32.8 Å². The molecule has 0 amide bonds. The van der Waals surface area contributed by atoms with Gasteiger partial charge in [0.05, 0.1) is 5.56 Å². The Morgan fingerprint density at radius 1 is 1.30 bits per heavy atom. The van der Waals surface area contributed by atoms with E-state index in [0.29, 0.717) is 24.4 Å². The summed E-state index contributed by atoms with van der Waals surface area (Å²) in [6, 6.07) is 4.12. The Balaban J connectivity index is 2.40. The number of aromatic hydroxyl groups is 2. The monoisotopic (exact) mass is 278 g/mol. The maximum Gasteiger partial charge on any atom is 0.261 e. The van der Waals surface area contributed by atoms with Crippen molar-refractivity contribution in [1.82, 2.24) is 10.1 Å². The van der Waals surface area contributed by atoms with Crippen molar-refractivity contribution < 1.29 is 19.5 Å². The molecule has 2 aromatic rings. The molecule has 0 aliphatic rings. The summed E-state index contributed by atoms with van der Waals surface area (Å²) in [4.78, 5) is 4.27. The summed E-state index contributed by atoms with van der Waals surface area (Å²) in [5.74, 6) is 0.542. The minimum Gasteiger partial charge on any atom is -0.508 e. The van der Waals surface area contributed by atoms with Crippen LogP contribution in [0.1, 0.15) is 33.0 Å². The van der Waals surface area contributed by atoms with Gasteiger partial charge in [0, 0.05) is 6.61 Å². The first kappa shape index (κ1) is 14.3. The van der Waals surface area contributed by atoms with Gasteiger partial charge in [0.1, 0.15) is 17.1 Å². The van der Waals surface area contributed by atoms with Gasteiger partial charge in [-0.05, 0) is 38.5 Å². The fourth-order valence-corrected chi connectivity index (χ4v) is 1.89. The van der Waals surface area contributed by atoms with Crippen molar-refractivity contribution in [3.05, 3.63) is 24.0 Å². The zero-order chi connectivity index (χ0) is 14.8. The Hall–Kier alpha value is -2.08. The van der Waals surface area contributed by atoms with E-state index in [1.54, 1.807) is 0 Å². The predicted octanol–water partition coefficient (Wildman–Crippen LogP) is 2.81. The number of phenolic OH excluding ortho intramolecular Hbond substituents is 2. The normalized spacial score (nSPS) is 14.2. The zero-order valence-electron chi connectivity index (χ0n) is 11.8. The van der Waals surface area contributed by atoms with Gasteiger partial charge in [0.15, 0.2) is 0 Å². The molecule has 6 nitrogen and oxygen atoms in total. The summed E-state index contributed by atoms with van der Waals surface area (Å²) in [6.45, 7) is 6.28. The van der Waals surface area contributed by atoms with Gasteiger partial charge in [0.25, 0.3) is 5.89 Å². The Kier molecular flexibility index (Phi) is 3.94. The number of phenols is 2. The molecule has 0 radical (unpaired) electrons. The first-order valence-corrected chi connectivity index (χ1v) is 6.50. The highest BCUT2D eigenvalue weighted by Crippen LogP contribution is 2.33. The van der Waals surface area contributed by atoms with Gasteiger partial charge in [-0.1, -0.05) is 12.1 Å². The summed E-state index contributed by atoms with van der Waals surface area (Å²) in [5, 5.41) is 23.2. The van der Waals surface area contributed by atoms with E-state index in [4.69, 9.17) is 9.26 Å². The number of rotatable bonds is 5. The zero-order valence-corrected chi connectivity index (χ0v) is 11.8. The van der Waals surface area contributed by atoms with E-state index in [1.165, 1.54) is 18.2 Å². The molecule has 0 spiro atoms. The quantitative estimate of drug-likeness (QED) is 0.817. The van der Waals surface area contributed by atoms with Crippen molar-refractivity contribution in [2.24, 2.45) is 0 Å². The van der Waals surface area contributed by atoms with Crippen molar-refractivity contribution in [3.8, 4) is 23.0 Å². The summed E-state index contributed by atoms with van der Waals surface area (Å²) in [7, 11) is 0. The molecule has 0 saturated heterocycles. The Labute approximate surface area is 117 Å². The fourth-order valence-electron chi connectivity index (χ4n) is 1.89. The molecule has 20 heavy (non-hydrogen) atoms. The maximum atomic E-state index is 9.79. The molecule has 2 rings (SSSR count). The van der Waals surface area contributed by atoms with E-state index < -0.39 is 5.60 Å². The van der Waals surface area contributed by atoms with E-state index >= 15 is 0 Å². The number of aromatic nitrogens is 2. The van der Waals surface area contributed by atoms with Gasteiger partial charge in [-0.15, -0.1) is 0 Å². The molecular formula is C14H18N2O4. The van der Waals surface area contributed by atoms with Crippen LogP contribution in [0, 0.1) is 0 Å². The number of benzene rings is 1. The molecule has 0 saturated carbocycles. The highest BCUT2D eigenvalue weighted by Gasteiger charge is 2.31. The lowest BCUT2D eigenvalue weighted by Crippen LogP contribution is -2.26. The summed E-state index contributed by atoms with van der Waals surface area (Å²) >= 11 is 0. The molecule has 1 aromatic carbocycles. The molecule has 0 aliphatic heterocycles. The van der Waals surface area contributed by atoms with E-state index in [-0.39, 0.29) is 17.4 Å². The van der Waals surface area contributed by atoms with Gasteiger partial charge in [0.2, 0.25) is 5.82 Å². The molecule has 2 N–H and O–H groups in total. The van der Waals surface area contributed by atoms with E-state index in [9.17, 15) is 10.2 Å². The van der Waals surface area contributed by atoms with Crippen LogP contribution in [-0.2, 0) is 10.3 Å². The molecule has 1 heterocycles. The van der Waals surface area contributed by atoms with Crippen molar-refractivity contribution in [1.29, 1.82) is 0 Å². The van der Waals surface area contributed by atoms with Crippen LogP contribution in [0.15, 0.2) is 22.7 Å². The number of hydrogen-bond donors (Lipinski definition) is 2. The third-order valence-corrected chi connectivity index (χ3v) is 3.25. The van der Waals surface area contributed by atoms with Crippen molar-refractivity contribution >= 4 is 0 Å². The number of nitrogens with zero attached hydrogens (tertiary/aromatic N) is 2. The summed E-state index contributed by atoms with van der Waals surface area (Å²) in [6.07, 6.45) is 0.686. The van der Waals surface area contributed by atoms with Crippen LogP contribution in [0.4, 0.5) is 0 Å². The highest BCUT2D eigenvalue weighted by molar-refractivity contribution is 5.64. The SMILES string of the molecule is CCOC(C)(CC)c1noc(-c2cc(O)ccc2O)n1. The first-order chi connectivity index (χ1) is 9.50. The van der Waals surface area contributed by atoms with Crippen LogP contribution < -0.4 is 0 Å². The lowest BCUT2D eigenvalue weighted by atomic mass is 10.0. The van der Waals surface area contributed by atoms with Gasteiger partial charge in [-0.2, -0.15) is 4.98 Å². The van der Waals surface area contributed by atoms with Crippen LogP contribution in [0.3, 0.4) is 0 Å². The van der Waals surface area contributed by atoms with Crippen LogP contribution >= 0.6 is 0 Å². The molecule has 108 valence electrons. The van der Waals surface area contributed by atoms with Crippen LogP contribution in [-0.4, -0.2) is 27.0 Å². The summed E-state index contributed by atoms with van der Waals surface area (Å²) in [5.41, 5.74) is -0.346. The van der Waals surface area contributed by atoms with Crippen LogP contribution in [0.2, 0.25) is 0 Å².